The molecule has 0 radical (unpaired) electrons. The van der Waals surface area contributed by atoms with Gasteiger partial charge in [-0.1, -0.05) is 0 Å². The van der Waals surface area contributed by atoms with Crippen molar-refractivity contribution in [2.24, 2.45) is 0 Å². The van der Waals surface area contributed by atoms with Crippen LogP contribution in [0.2, 0.25) is 0 Å². The van der Waals surface area contributed by atoms with E-state index in [2.05, 4.69) is 26.2 Å². The Balaban J connectivity index is 1.73. The number of aromatic nitrogens is 2. The molecular weight excluding hydrogens is 260 g/mol. The van der Waals surface area contributed by atoms with Gasteiger partial charge in [-0.3, -0.25) is 4.40 Å². The number of anilines is 1. The molecular formula is C13H18N4OS. The Bertz CT molecular complexity index is 580. The highest BCUT2D eigenvalue weighted by Crippen LogP contribution is 2.32. The third-order valence-corrected chi connectivity index (χ3v) is 4.78. The van der Waals surface area contributed by atoms with Crippen molar-refractivity contribution in [2.75, 3.05) is 25.0 Å². The number of nitrogens with one attached hydrogen (secondary N) is 1. The summed E-state index contributed by atoms with van der Waals surface area (Å²) >= 11 is 1.70. The van der Waals surface area contributed by atoms with Crippen LogP contribution >= 0.6 is 11.3 Å². The Labute approximate surface area is 116 Å². The van der Waals surface area contributed by atoms with Crippen molar-refractivity contribution in [3.05, 3.63) is 17.3 Å². The molecule has 2 atom stereocenters. The summed E-state index contributed by atoms with van der Waals surface area (Å²) < 4.78 is 8.12. The minimum Gasteiger partial charge on any atom is -0.371 e. The van der Waals surface area contributed by atoms with Gasteiger partial charge in [0.1, 0.15) is 0 Å². The van der Waals surface area contributed by atoms with Crippen LogP contribution in [-0.4, -0.2) is 41.7 Å². The first-order chi connectivity index (χ1) is 9.35. The normalized spacial score (nSPS) is 26.5. The molecule has 2 unspecified atom stereocenters. The Morgan fingerprint density at radius 1 is 1.42 bits per heavy atom. The van der Waals surface area contributed by atoms with Gasteiger partial charge in [0, 0.05) is 31.2 Å². The first-order valence-corrected chi connectivity index (χ1v) is 7.72. The van der Waals surface area contributed by atoms with E-state index in [1.807, 2.05) is 7.05 Å². The molecule has 2 bridgehead atoms. The van der Waals surface area contributed by atoms with Crippen molar-refractivity contribution >= 4 is 22.1 Å². The summed E-state index contributed by atoms with van der Waals surface area (Å²) in [6, 6.07) is 0. The van der Waals surface area contributed by atoms with Crippen LogP contribution in [-0.2, 0) is 11.3 Å². The minimum absolute atomic E-state index is 0.404. The highest BCUT2D eigenvalue weighted by atomic mass is 32.1. The van der Waals surface area contributed by atoms with Gasteiger partial charge < -0.3 is 15.0 Å². The van der Waals surface area contributed by atoms with Crippen LogP contribution in [0.4, 0.5) is 5.82 Å². The molecule has 5 nitrogen and oxygen atoms in total. The molecule has 2 aliphatic heterocycles. The minimum atomic E-state index is 0.404. The fourth-order valence-corrected chi connectivity index (χ4v) is 3.92. The van der Waals surface area contributed by atoms with Crippen LogP contribution < -0.4 is 10.2 Å². The standard InChI is InChI=1S/C13H18N4OS/c1-14-6-11-12(15-13-17(11)4-5-19-13)16-7-9-2-3-10(8-16)18-9/h4-5,9-10,14H,2-3,6-8H2,1H3. The average molecular weight is 278 g/mol. The monoisotopic (exact) mass is 278 g/mol. The van der Waals surface area contributed by atoms with Crippen LogP contribution in [0.25, 0.3) is 4.96 Å². The Hall–Kier alpha value is -1.11. The van der Waals surface area contributed by atoms with Crippen molar-refractivity contribution in [1.29, 1.82) is 0 Å². The van der Waals surface area contributed by atoms with E-state index in [0.717, 1.165) is 30.4 Å². The van der Waals surface area contributed by atoms with E-state index in [0.29, 0.717) is 12.2 Å². The summed E-state index contributed by atoms with van der Waals surface area (Å²) in [5.74, 6) is 1.14. The highest BCUT2D eigenvalue weighted by molar-refractivity contribution is 7.15. The van der Waals surface area contributed by atoms with Gasteiger partial charge in [0.25, 0.3) is 0 Å². The van der Waals surface area contributed by atoms with Gasteiger partial charge in [-0.05, 0) is 19.9 Å². The summed E-state index contributed by atoms with van der Waals surface area (Å²) in [5.41, 5.74) is 1.26. The largest absolute Gasteiger partial charge is 0.371 e. The van der Waals surface area contributed by atoms with Crippen LogP contribution in [0.15, 0.2) is 11.6 Å². The molecule has 0 spiro atoms. The van der Waals surface area contributed by atoms with E-state index in [9.17, 15) is 0 Å². The van der Waals surface area contributed by atoms with Crippen molar-refractivity contribution in [3.8, 4) is 0 Å². The number of ether oxygens (including phenoxy) is 1. The van der Waals surface area contributed by atoms with Gasteiger partial charge in [0.05, 0.1) is 17.9 Å². The Morgan fingerprint density at radius 2 is 2.21 bits per heavy atom. The zero-order valence-electron chi connectivity index (χ0n) is 11.0. The lowest BCUT2D eigenvalue weighted by atomic mass is 10.2. The summed E-state index contributed by atoms with van der Waals surface area (Å²) in [5, 5.41) is 5.35. The molecule has 0 aromatic carbocycles. The van der Waals surface area contributed by atoms with Crippen molar-refractivity contribution in [1.82, 2.24) is 14.7 Å². The molecule has 0 saturated carbocycles. The Morgan fingerprint density at radius 3 is 2.95 bits per heavy atom. The summed E-state index contributed by atoms with van der Waals surface area (Å²) in [6.45, 7) is 2.82. The molecule has 0 aliphatic carbocycles. The fourth-order valence-electron chi connectivity index (χ4n) is 3.19. The lowest BCUT2D eigenvalue weighted by molar-refractivity contribution is 0.0302. The lowest BCUT2D eigenvalue weighted by Gasteiger charge is -2.32. The quantitative estimate of drug-likeness (QED) is 0.923. The van der Waals surface area contributed by atoms with E-state index in [1.54, 1.807) is 11.3 Å². The molecule has 0 amide bonds. The van der Waals surface area contributed by atoms with Crippen LogP contribution in [0.5, 0.6) is 0 Å². The van der Waals surface area contributed by atoms with Crippen LogP contribution in [0, 0.1) is 0 Å². The molecule has 6 heteroatoms. The van der Waals surface area contributed by atoms with Crippen molar-refractivity contribution in [3.63, 3.8) is 0 Å². The SMILES string of the molecule is CNCc1c(N2CC3CCC(C2)O3)nc2sccn12. The number of thiazole rings is 1. The number of hydrogen-bond donors (Lipinski definition) is 1. The zero-order valence-corrected chi connectivity index (χ0v) is 11.8. The van der Waals surface area contributed by atoms with Gasteiger partial charge in [0.2, 0.25) is 0 Å². The summed E-state index contributed by atoms with van der Waals surface area (Å²) in [6.07, 6.45) is 5.31. The first-order valence-electron chi connectivity index (χ1n) is 6.84. The van der Waals surface area contributed by atoms with Crippen LogP contribution in [0.3, 0.4) is 0 Å². The highest BCUT2D eigenvalue weighted by Gasteiger charge is 2.35. The molecule has 4 rings (SSSR count). The second-order valence-corrected chi connectivity index (χ2v) is 6.20. The predicted molar refractivity (Wildman–Crippen MR) is 75.9 cm³/mol. The molecule has 2 aliphatic rings. The molecule has 102 valence electrons. The second-order valence-electron chi connectivity index (χ2n) is 5.33. The smallest absolute Gasteiger partial charge is 0.195 e. The molecule has 2 saturated heterocycles. The van der Waals surface area contributed by atoms with Gasteiger partial charge in [-0.2, -0.15) is 0 Å². The van der Waals surface area contributed by atoms with E-state index < -0.39 is 0 Å². The topological polar surface area (TPSA) is 41.8 Å². The van der Waals surface area contributed by atoms with Gasteiger partial charge in [-0.15, -0.1) is 11.3 Å². The van der Waals surface area contributed by atoms with Crippen molar-refractivity contribution in [2.45, 2.75) is 31.6 Å². The number of hydrogen-bond acceptors (Lipinski definition) is 5. The maximum atomic E-state index is 5.92. The van der Waals surface area contributed by atoms with Crippen molar-refractivity contribution < 1.29 is 4.74 Å². The molecule has 19 heavy (non-hydrogen) atoms. The second kappa shape index (κ2) is 4.47. The average Bonchev–Trinajstić information content (AvgIpc) is 3.07. The number of rotatable bonds is 3. The zero-order chi connectivity index (χ0) is 12.8. The molecule has 1 N–H and O–H groups in total. The maximum absolute atomic E-state index is 5.92. The van der Waals surface area contributed by atoms with E-state index in [1.165, 1.54) is 18.5 Å². The number of morpholine rings is 1. The summed E-state index contributed by atoms with van der Waals surface area (Å²) in [7, 11) is 1.98. The first kappa shape index (κ1) is 11.7. The van der Waals surface area contributed by atoms with Gasteiger partial charge >= 0.3 is 0 Å². The third-order valence-electron chi connectivity index (χ3n) is 4.03. The number of nitrogens with zero attached hydrogens (tertiary/aromatic N) is 3. The van der Waals surface area contributed by atoms with E-state index in [4.69, 9.17) is 9.72 Å². The third kappa shape index (κ3) is 1.86. The molecule has 2 aromatic rings. The summed E-state index contributed by atoms with van der Waals surface area (Å²) in [4.78, 5) is 8.32. The predicted octanol–water partition coefficient (Wildman–Crippen LogP) is 1.48. The molecule has 2 fully saturated rings. The fraction of sp³-hybridized carbons (Fsp3) is 0.615. The Kier molecular flexibility index (Phi) is 2.75. The molecule has 2 aromatic heterocycles. The van der Waals surface area contributed by atoms with Gasteiger partial charge in [-0.25, -0.2) is 4.98 Å². The molecule has 4 heterocycles. The van der Waals surface area contributed by atoms with Gasteiger partial charge in [0.15, 0.2) is 10.8 Å². The van der Waals surface area contributed by atoms with Crippen LogP contribution in [0.1, 0.15) is 18.5 Å². The lowest BCUT2D eigenvalue weighted by Crippen LogP contribution is -2.43. The maximum Gasteiger partial charge on any atom is 0.195 e. The van der Waals surface area contributed by atoms with E-state index >= 15 is 0 Å². The van der Waals surface area contributed by atoms with E-state index in [-0.39, 0.29) is 0 Å². The number of fused-ring (bicyclic) bond motifs is 3. The number of imidazole rings is 1.